The second-order valence-electron chi connectivity index (χ2n) is 7.07. The van der Waals surface area contributed by atoms with Crippen molar-refractivity contribution in [2.75, 3.05) is 6.54 Å². The molecule has 0 saturated carbocycles. The quantitative estimate of drug-likeness (QED) is 0.627. The first-order valence-corrected chi connectivity index (χ1v) is 9.67. The number of oxazole rings is 1. The Balaban J connectivity index is 1.40. The number of rotatable bonds is 6. The minimum atomic E-state index is -0.0608. The van der Waals surface area contributed by atoms with E-state index in [2.05, 4.69) is 28.5 Å². The summed E-state index contributed by atoms with van der Waals surface area (Å²) in [6, 6.07) is 15.5. The molecule has 0 spiro atoms. The number of hydrogen-bond donors (Lipinski definition) is 1. The average Bonchev–Trinajstić information content (AvgIpc) is 3.11. The maximum atomic E-state index is 12.4. The van der Waals surface area contributed by atoms with Crippen molar-refractivity contribution in [1.29, 1.82) is 0 Å². The zero-order valence-corrected chi connectivity index (χ0v) is 15.4. The number of hydrogen-bond acceptors (Lipinski definition) is 3. The van der Waals surface area contributed by atoms with Crippen LogP contribution < -0.4 is 5.32 Å². The molecule has 4 nitrogen and oxygen atoms in total. The first-order valence-electron chi connectivity index (χ1n) is 9.67. The van der Waals surface area contributed by atoms with Crippen LogP contribution in [-0.4, -0.2) is 17.4 Å². The van der Waals surface area contributed by atoms with E-state index in [-0.39, 0.29) is 5.91 Å². The molecule has 1 heterocycles. The Morgan fingerprint density at radius 1 is 1.11 bits per heavy atom. The summed E-state index contributed by atoms with van der Waals surface area (Å²) in [5, 5.41) is 3.02. The van der Waals surface area contributed by atoms with E-state index < -0.39 is 0 Å². The highest BCUT2D eigenvalue weighted by molar-refractivity contribution is 5.97. The molecule has 0 unspecified atom stereocenters. The van der Waals surface area contributed by atoms with E-state index in [1.807, 2.05) is 30.3 Å². The normalized spacial score (nSPS) is 14.1. The summed E-state index contributed by atoms with van der Waals surface area (Å²) in [5.41, 5.74) is 4.67. The van der Waals surface area contributed by atoms with Gasteiger partial charge in [-0.3, -0.25) is 4.79 Å². The largest absolute Gasteiger partial charge is 0.440 e. The highest BCUT2D eigenvalue weighted by atomic mass is 16.3. The van der Waals surface area contributed by atoms with Crippen molar-refractivity contribution in [2.24, 2.45) is 0 Å². The maximum absolute atomic E-state index is 12.4. The Kier molecular flexibility index (Phi) is 5.33. The summed E-state index contributed by atoms with van der Waals surface area (Å²) in [6.07, 6.45) is 8.82. The lowest BCUT2D eigenvalue weighted by atomic mass is 9.97. The summed E-state index contributed by atoms with van der Waals surface area (Å²) < 4.78 is 5.86. The fraction of sp³-hybridized carbons (Fsp3) is 0.304. The summed E-state index contributed by atoms with van der Waals surface area (Å²) in [6.45, 7) is 0.679. The molecule has 2 aromatic carbocycles. The molecule has 4 rings (SSSR count). The molecule has 4 heteroatoms. The van der Waals surface area contributed by atoms with E-state index in [0.29, 0.717) is 30.0 Å². The smallest absolute Gasteiger partial charge is 0.251 e. The van der Waals surface area contributed by atoms with Crippen LogP contribution in [0.2, 0.25) is 0 Å². The predicted molar refractivity (Wildman–Crippen MR) is 107 cm³/mol. The monoisotopic (exact) mass is 360 g/mol. The van der Waals surface area contributed by atoms with Crippen LogP contribution in [0.3, 0.4) is 0 Å². The second-order valence-corrected chi connectivity index (χ2v) is 7.07. The van der Waals surface area contributed by atoms with Crippen LogP contribution in [0.25, 0.3) is 11.1 Å². The number of fused-ring (bicyclic) bond motifs is 1. The molecule has 0 radical (unpaired) electrons. The van der Waals surface area contributed by atoms with E-state index >= 15 is 0 Å². The standard InChI is InChI=1S/C23H24N2O2/c26-23(24-14-13-17-7-3-1-4-8-17)19-11-12-20-21(16-19)27-22(25-20)15-18-9-5-2-6-10-18/h2,5-7,9-12,16H,1,3-4,8,13-15H2,(H,24,26). The van der Waals surface area contributed by atoms with Gasteiger partial charge in [0.15, 0.2) is 11.5 Å². The molecule has 0 aliphatic heterocycles. The second kappa shape index (κ2) is 8.21. The van der Waals surface area contributed by atoms with E-state index in [1.54, 1.807) is 6.07 Å². The molecule has 1 aliphatic carbocycles. The van der Waals surface area contributed by atoms with Gasteiger partial charge in [-0.25, -0.2) is 4.98 Å². The molecule has 3 aromatic rings. The fourth-order valence-electron chi connectivity index (χ4n) is 3.53. The van der Waals surface area contributed by atoms with Gasteiger partial charge in [0.05, 0.1) is 0 Å². The van der Waals surface area contributed by atoms with Crippen molar-refractivity contribution >= 4 is 17.0 Å². The number of carbonyl (C=O) groups excluding carboxylic acids is 1. The lowest BCUT2D eigenvalue weighted by Gasteiger charge is -2.12. The Morgan fingerprint density at radius 3 is 2.81 bits per heavy atom. The number of amides is 1. The van der Waals surface area contributed by atoms with Crippen molar-refractivity contribution in [3.8, 4) is 0 Å². The molecule has 0 saturated heterocycles. The number of benzene rings is 2. The Labute approximate surface area is 159 Å². The van der Waals surface area contributed by atoms with Crippen molar-refractivity contribution in [3.63, 3.8) is 0 Å². The molecule has 1 aliphatic rings. The molecule has 27 heavy (non-hydrogen) atoms. The van der Waals surface area contributed by atoms with Gasteiger partial charge < -0.3 is 9.73 Å². The Hall–Kier alpha value is -2.88. The van der Waals surface area contributed by atoms with Gasteiger partial charge in [0.25, 0.3) is 5.91 Å². The van der Waals surface area contributed by atoms with Crippen LogP contribution in [0.5, 0.6) is 0 Å². The highest BCUT2D eigenvalue weighted by Crippen LogP contribution is 2.21. The van der Waals surface area contributed by atoms with Crippen molar-refractivity contribution in [2.45, 2.75) is 38.5 Å². The predicted octanol–water partition coefficient (Wildman–Crippen LogP) is 5.04. The van der Waals surface area contributed by atoms with Gasteiger partial charge in [-0.15, -0.1) is 0 Å². The van der Waals surface area contributed by atoms with E-state index in [9.17, 15) is 4.79 Å². The topological polar surface area (TPSA) is 55.1 Å². The fourth-order valence-corrected chi connectivity index (χ4v) is 3.53. The van der Waals surface area contributed by atoms with Crippen LogP contribution in [0, 0.1) is 0 Å². The average molecular weight is 360 g/mol. The zero-order chi connectivity index (χ0) is 18.5. The Morgan fingerprint density at radius 2 is 2.00 bits per heavy atom. The third kappa shape index (κ3) is 4.45. The molecular formula is C23H24N2O2. The third-order valence-corrected chi connectivity index (χ3v) is 5.01. The first kappa shape index (κ1) is 17.5. The van der Waals surface area contributed by atoms with E-state index in [4.69, 9.17) is 4.42 Å². The van der Waals surface area contributed by atoms with Gasteiger partial charge >= 0.3 is 0 Å². The number of allylic oxidation sites excluding steroid dienone is 1. The van der Waals surface area contributed by atoms with Crippen molar-refractivity contribution < 1.29 is 9.21 Å². The van der Waals surface area contributed by atoms with Crippen LogP contribution in [0.4, 0.5) is 0 Å². The molecule has 0 atom stereocenters. The number of carbonyl (C=O) groups is 1. The van der Waals surface area contributed by atoms with Crippen LogP contribution in [0.1, 0.15) is 53.9 Å². The minimum absolute atomic E-state index is 0.0608. The van der Waals surface area contributed by atoms with Gasteiger partial charge in [0, 0.05) is 18.5 Å². The van der Waals surface area contributed by atoms with E-state index in [0.717, 1.165) is 17.5 Å². The molecular weight excluding hydrogens is 336 g/mol. The molecule has 0 fully saturated rings. The summed E-state index contributed by atoms with van der Waals surface area (Å²) >= 11 is 0. The molecule has 138 valence electrons. The molecule has 1 amide bonds. The molecule has 1 N–H and O–H groups in total. The molecule has 1 aromatic heterocycles. The van der Waals surface area contributed by atoms with E-state index in [1.165, 1.54) is 31.3 Å². The summed E-state index contributed by atoms with van der Waals surface area (Å²) in [7, 11) is 0. The first-order chi connectivity index (χ1) is 13.3. The van der Waals surface area contributed by atoms with Crippen molar-refractivity contribution in [1.82, 2.24) is 10.3 Å². The van der Waals surface area contributed by atoms with Gasteiger partial charge in [-0.2, -0.15) is 0 Å². The van der Waals surface area contributed by atoms with Crippen LogP contribution in [0.15, 0.2) is 64.6 Å². The molecule has 0 bridgehead atoms. The van der Waals surface area contributed by atoms with Gasteiger partial charge in [-0.1, -0.05) is 42.0 Å². The minimum Gasteiger partial charge on any atom is -0.440 e. The number of nitrogens with zero attached hydrogens (tertiary/aromatic N) is 1. The number of nitrogens with one attached hydrogen (secondary N) is 1. The van der Waals surface area contributed by atoms with Crippen LogP contribution in [-0.2, 0) is 6.42 Å². The number of aromatic nitrogens is 1. The maximum Gasteiger partial charge on any atom is 0.251 e. The zero-order valence-electron chi connectivity index (χ0n) is 15.4. The Bertz CT molecular complexity index is 957. The third-order valence-electron chi connectivity index (χ3n) is 5.01. The SMILES string of the molecule is O=C(NCCC1=CCCCC1)c1ccc2nc(Cc3ccccc3)oc2c1. The lowest BCUT2D eigenvalue weighted by Crippen LogP contribution is -2.24. The summed E-state index contributed by atoms with van der Waals surface area (Å²) in [4.78, 5) is 17.0. The van der Waals surface area contributed by atoms with Gasteiger partial charge in [0.1, 0.15) is 5.52 Å². The van der Waals surface area contributed by atoms with Crippen LogP contribution >= 0.6 is 0 Å². The highest BCUT2D eigenvalue weighted by Gasteiger charge is 2.11. The lowest BCUT2D eigenvalue weighted by molar-refractivity contribution is 0.0954. The summed E-state index contributed by atoms with van der Waals surface area (Å²) in [5.74, 6) is 0.604. The van der Waals surface area contributed by atoms with Crippen molar-refractivity contribution in [3.05, 3.63) is 77.2 Å². The van der Waals surface area contributed by atoms with Gasteiger partial charge in [-0.05, 0) is 55.9 Å². The van der Waals surface area contributed by atoms with Gasteiger partial charge in [0.2, 0.25) is 0 Å².